The number of fused-ring (bicyclic) bond motifs is 1. The monoisotopic (exact) mass is 291 g/mol. The summed E-state index contributed by atoms with van der Waals surface area (Å²) in [5, 5.41) is 2.81. The number of nitrogens with one attached hydrogen (secondary N) is 1. The van der Waals surface area contributed by atoms with Gasteiger partial charge in [-0.1, -0.05) is 12.1 Å². The Balaban J connectivity index is 2.08. The zero-order chi connectivity index (χ0) is 15.1. The van der Waals surface area contributed by atoms with Crippen LogP contribution >= 0.6 is 0 Å². The normalized spacial score (nSPS) is 11.0. The van der Waals surface area contributed by atoms with E-state index >= 15 is 0 Å². The number of nitrogens with zero attached hydrogens (tertiary/aromatic N) is 2. The molecule has 0 bridgehead atoms. The minimum absolute atomic E-state index is 0.0834. The van der Waals surface area contributed by atoms with Crippen molar-refractivity contribution < 1.29 is 14.3 Å². The van der Waals surface area contributed by atoms with Crippen LogP contribution in [0.5, 0.6) is 0 Å². The van der Waals surface area contributed by atoms with Crippen LogP contribution in [-0.4, -0.2) is 49.4 Å². The lowest BCUT2D eigenvalue weighted by Crippen LogP contribution is -2.29. The van der Waals surface area contributed by atoms with Gasteiger partial charge in [0, 0.05) is 33.7 Å². The number of amides is 1. The zero-order valence-electron chi connectivity index (χ0n) is 12.5. The molecule has 0 unspecified atom stereocenters. The molecule has 0 atom stereocenters. The predicted octanol–water partition coefficient (Wildman–Crippen LogP) is 0.988. The quantitative estimate of drug-likeness (QED) is 0.787. The minimum atomic E-state index is -0.114. The summed E-state index contributed by atoms with van der Waals surface area (Å²) in [7, 11) is 3.19. The first-order valence-electron chi connectivity index (χ1n) is 6.95. The smallest absolute Gasteiger partial charge is 0.245 e. The van der Waals surface area contributed by atoms with Crippen LogP contribution in [0.25, 0.3) is 11.0 Å². The van der Waals surface area contributed by atoms with Crippen molar-refractivity contribution in [3.63, 3.8) is 0 Å². The van der Waals surface area contributed by atoms with Crippen molar-refractivity contribution in [2.24, 2.45) is 0 Å². The van der Waals surface area contributed by atoms with Gasteiger partial charge in [-0.15, -0.1) is 0 Å². The molecular formula is C15H21N3O3. The first kappa shape index (κ1) is 15.5. The molecule has 0 aliphatic carbocycles. The number of imidazole rings is 1. The molecule has 1 amide bonds. The maximum Gasteiger partial charge on any atom is 0.245 e. The fourth-order valence-corrected chi connectivity index (χ4v) is 2.24. The number of benzene rings is 1. The van der Waals surface area contributed by atoms with E-state index in [1.165, 1.54) is 7.11 Å². The average molecular weight is 291 g/mol. The molecule has 0 aliphatic rings. The summed E-state index contributed by atoms with van der Waals surface area (Å²) in [5.41, 5.74) is 2.06. The van der Waals surface area contributed by atoms with E-state index in [0.717, 1.165) is 23.4 Å². The molecule has 1 aromatic heterocycles. The van der Waals surface area contributed by atoms with Crippen molar-refractivity contribution in [2.75, 3.05) is 34.0 Å². The molecule has 114 valence electrons. The first-order valence-corrected chi connectivity index (χ1v) is 6.95. The Labute approximate surface area is 124 Å². The van der Waals surface area contributed by atoms with Crippen LogP contribution in [0.1, 0.15) is 5.82 Å². The van der Waals surface area contributed by atoms with E-state index in [2.05, 4.69) is 14.9 Å². The van der Waals surface area contributed by atoms with Crippen LogP contribution in [0.2, 0.25) is 0 Å². The fraction of sp³-hybridized carbons (Fsp3) is 0.467. The van der Waals surface area contributed by atoms with Crippen molar-refractivity contribution in [1.82, 2.24) is 14.9 Å². The molecule has 2 rings (SSSR count). The van der Waals surface area contributed by atoms with Gasteiger partial charge in [-0.2, -0.15) is 0 Å². The first-order chi connectivity index (χ1) is 10.3. The molecule has 0 spiro atoms. The molecule has 6 nitrogen and oxygen atoms in total. The SMILES string of the molecule is COCCn1c(CCNC(=O)COC)nc2ccccc21. The van der Waals surface area contributed by atoms with E-state index in [0.29, 0.717) is 19.6 Å². The maximum atomic E-state index is 11.4. The van der Waals surface area contributed by atoms with E-state index in [9.17, 15) is 4.79 Å². The molecule has 0 aliphatic heterocycles. The molecule has 0 fully saturated rings. The lowest BCUT2D eigenvalue weighted by molar-refractivity contribution is -0.124. The summed E-state index contributed by atoms with van der Waals surface area (Å²) in [6.07, 6.45) is 0.674. The van der Waals surface area contributed by atoms with Crippen molar-refractivity contribution in [3.8, 4) is 0 Å². The molecule has 1 N–H and O–H groups in total. The van der Waals surface area contributed by atoms with Crippen LogP contribution < -0.4 is 5.32 Å². The highest BCUT2D eigenvalue weighted by Crippen LogP contribution is 2.16. The number of para-hydroxylation sites is 2. The number of methoxy groups -OCH3 is 2. The number of hydrogen-bond acceptors (Lipinski definition) is 4. The molecule has 0 radical (unpaired) electrons. The Bertz CT molecular complexity index is 595. The molecule has 1 heterocycles. The van der Waals surface area contributed by atoms with Gasteiger partial charge in [0.25, 0.3) is 0 Å². The topological polar surface area (TPSA) is 65.4 Å². The number of carbonyl (C=O) groups is 1. The Morgan fingerprint density at radius 1 is 1.29 bits per heavy atom. The highest BCUT2D eigenvalue weighted by atomic mass is 16.5. The molecule has 0 saturated carbocycles. The maximum absolute atomic E-state index is 11.4. The van der Waals surface area contributed by atoms with Crippen LogP contribution in [0.3, 0.4) is 0 Å². The summed E-state index contributed by atoms with van der Waals surface area (Å²) < 4.78 is 12.1. The number of hydrogen-bond donors (Lipinski definition) is 1. The van der Waals surface area contributed by atoms with E-state index in [1.807, 2.05) is 24.3 Å². The average Bonchev–Trinajstić information content (AvgIpc) is 2.83. The Kier molecular flexibility index (Phi) is 5.71. The lowest BCUT2D eigenvalue weighted by atomic mass is 10.3. The third-order valence-corrected chi connectivity index (χ3v) is 3.20. The van der Waals surface area contributed by atoms with E-state index in [4.69, 9.17) is 9.47 Å². The molecule has 1 aromatic carbocycles. The van der Waals surface area contributed by atoms with E-state index < -0.39 is 0 Å². The number of carbonyl (C=O) groups excluding carboxylic acids is 1. The number of aromatic nitrogens is 2. The van der Waals surface area contributed by atoms with Gasteiger partial charge in [0.05, 0.1) is 17.6 Å². The van der Waals surface area contributed by atoms with Gasteiger partial charge in [-0.25, -0.2) is 4.98 Å². The van der Waals surface area contributed by atoms with Crippen molar-refractivity contribution in [3.05, 3.63) is 30.1 Å². The Morgan fingerprint density at radius 2 is 2.10 bits per heavy atom. The van der Waals surface area contributed by atoms with Crippen LogP contribution in [0, 0.1) is 0 Å². The van der Waals surface area contributed by atoms with Gasteiger partial charge in [0.2, 0.25) is 5.91 Å². The van der Waals surface area contributed by atoms with Gasteiger partial charge in [0.1, 0.15) is 12.4 Å². The van der Waals surface area contributed by atoms with Gasteiger partial charge in [-0.3, -0.25) is 4.79 Å². The lowest BCUT2D eigenvalue weighted by Gasteiger charge is -2.09. The Hall–Kier alpha value is -1.92. The van der Waals surface area contributed by atoms with Gasteiger partial charge in [0.15, 0.2) is 0 Å². The van der Waals surface area contributed by atoms with Crippen molar-refractivity contribution in [1.29, 1.82) is 0 Å². The molecule has 2 aromatic rings. The number of rotatable bonds is 8. The Morgan fingerprint density at radius 3 is 2.86 bits per heavy atom. The standard InChI is InChI=1S/C15H21N3O3/c1-20-10-9-18-13-6-4-3-5-12(13)17-14(18)7-8-16-15(19)11-21-2/h3-6H,7-11H2,1-2H3,(H,16,19). The third-order valence-electron chi connectivity index (χ3n) is 3.20. The molecule has 21 heavy (non-hydrogen) atoms. The van der Waals surface area contributed by atoms with Crippen LogP contribution in [-0.2, 0) is 27.2 Å². The second-order valence-electron chi connectivity index (χ2n) is 4.69. The largest absolute Gasteiger partial charge is 0.383 e. The number of ether oxygens (including phenoxy) is 2. The molecule has 6 heteroatoms. The van der Waals surface area contributed by atoms with E-state index in [1.54, 1.807) is 7.11 Å². The second kappa shape index (κ2) is 7.75. The molecule has 0 saturated heterocycles. The summed E-state index contributed by atoms with van der Waals surface area (Å²) in [4.78, 5) is 16.0. The molecular weight excluding hydrogens is 270 g/mol. The van der Waals surface area contributed by atoms with Crippen LogP contribution in [0.15, 0.2) is 24.3 Å². The van der Waals surface area contributed by atoms with E-state index in [-0.39, 0.29) is 12.5 Å². The minimum Gasteiger partial charge on any atom is -0.383 e. The summed E-state index contributed by atoms with van der Waals surface area (Å²) in [5.74, 6) is 0.836. The highest BCUT2D eigenvalue weighted by Gasteiger charge is 2.10. The highest BCUT2D eigenvalue weighted by molar-refractivity contribution is 5.77. The van der Waals surface area contributed by atoms with Crippen LogP contribution in [0.4, 0.5) is 0 Å². The van der Waals surface area contributed by atoms with Gasteiger partial charge < -0.3 is 19.4 Å². The van der Waals surface area contributed by atoms with Crippen molar-refractivity contribution in [2.45, 2.75) is 13.0 Å². The third kappa shape index (κ3) is 4.03. The van der Waals surface area contributed by atoms with Gasteiger partial charge in [-0.05, 0) is 12.1 Å². The van der Waals surface area contributed by atoms with Crippen molar-refractivity contribution >= 4 is 16.9 Å². The van der Waals surface area contributed by atoms with Gasteiger partial charge >= 0.3 is 0 Å². The zero-order valence-corrected chi connectivity index (χ0v) is 12.5. The second-order valence-corrected chi connectivity index (χ2v) is 4.69. The fourth-order valence-electron chi connectivity index (χ4n) is 2.24. The summed E-state index contributed by atoms with van der Waals surface area (Å²) in [6.45, 7) is 2.00. The summed E-state index contributed by atoms with van der Waals surface area (Å²) in [6, 6.07) is 8.01. The predicted molar refractivity (Wildman–Crippen MR) is 80.2 cm³/mol. The summed E-state index contributed by atoms with van der Waals surface area (Å²) >= 11 is 0.